The maximum atomic E-state index is 15.0. The summed E-state index contributed by atoms with van der Waals surface area (Å²) in [4.78, 5) is 43.6. The molecule has 1 saturated carbocycles. The molecule has 6 heteroatoms. The normalized spacial score (nSPS) is 34.2. The van der Waals surface area contributed by atoms with Crippen LogP contribution in [0.15, 0.2) is 78.9 Å². The summed E-state index contributed by atoms with van der Waals surface area (Å²) in [7, 11) is 0. The summed E-state index contributed by atoms with van der Waals surface area (Å²) >= 11 is 0. The van der Waals surface area contributed by atoms with Crippen molar-refractivity contribution < 1.29 is 24.6 Å². The fourth-order valence-corrected chi connectivity index (χ4v) is 9.28. The van der Waals surface area contributed by atoms with Gasteiger partial charge in [0.05, 0.1) is 17.6 Å². The van der Waals surface area contributed by atoms with Gasteiger partial charge in [0.1, 0.15) is 17.0 Å². The van der Waals surface area contributed by atoms with Crippen molar-refractivity contribution in [2.75, 3.05) is 0 Å². The van der Waals surface area contributed by atoms with Gasteiger partial charge in [-0.2, -0.15) is 0 Å². The van der Waals surface area contributed by atoms with Crippen LogP contribution in [0.5, 0.6) is 0 Å². The van der Waals surface area contributed by atoms with Crippen LogP contribution in [0.25, 0.3) is 0 Å². The highest BCUT2D eigenvalue weighted by molar-refractivity contribution is 6.10. The first kappa shape index (κ1) is 40.7. The number of Topliss-reactive ketones (excluding diaryl/α,β-unsaturated/α-hetero) is 2. The number of allylic oxidation sites excluding steroid dienone is 5. The van der Waals surface area contributed by atoms with E-state index in [0.29, 0.717) is 31.3 Å². The summed E-state index contributed by atoms with van der Waals surface area (Å²) in [6.07, 6.45) is 21.7. The zero-order valence-electron chi connectivity index (χ0n) is 32.0. The zero-order chi connectivity index (χ0) is 37.2. The molecular weight excluding hydrogens is 634 g/mol. The molecule has 2 aliphatic carbocycles. The van der Waals surface area contributed by atoms with Gasteiger partial charge in [-0.1, -0.05) is 127 Å². The van der Waals surface area contributed by atoms with Gasteiger partial charge in [-0.3, -0.25) is 14.4 Å². The molecule has 0 bridgehead atoms. The molecule has 2 fully saturated rings. The Hall–Kier alpha value is -3.09. The molecule has 1 saturated heterocycles. The number of aliphatic hydroxyl groups excluding tert-OH is 1. The maximum absolute atomic E-state index is 15.0. The van der Waals surface area contributed by atoms with Crippen molar-refractivity contribution in [2.45, 2.75) is 136 Å². The largest absolute Gasteiger partial charge is 0.389 e. The van der Waals surface area contributed by atoms with Crippen molar-refractivity contribution in [3.8, 4) is 0 Å². The fourth-order valence-electron chi connectivity index (χ4n) is 9.28. The van der Waals surface area contributed by atoms with Gasteiger partial charge in [-0.05, 0) is 80.8 Å². The van der Waals surface area contributed by atoms with Crippen LogP contribution in [0.3, 0.4) is 0 Å². The van der Waals surface area contributed by atoms with E-state index < -0.39 is 40.8 Å². The summed E-state index contributed by atoms with van der Waals surface area (Å²) in [5.74, 6) is -3.18. The summed E-state index contributed by atoms with van der Waals surface area (Å²) in [6, 6.07) is 9.55. The quantitative estimate of drug-likeness (QED) is 0.0736. The van der Waals surface area contributed by atoms with Crippen LogP contribution in [0.1, 0.15) is 117 Å². The number of carbonyl (C=O) groups is 3. The Bertz CT molecular complexity index is 1420. The standard InChI is InChI=1S/C45H65NO5/c1-7-8-9-10-11-12-13-14-15-17-21-31(2)26-27-39(47)37-29-40(48)45-36(25-20-22-32(3)30-44(37,6)51)42(49)34(5)33(4)41(45)38(46-43(45)50)28-35-23-18-16-19-24-35/h13-20,23-25,31-33,36-38,41-42,49,51H,5,7-12,21-22,26-30H2,1-4,6H3,(H,46,50)/b14-13+,17-15+,25-20+/t31?,32-,33+,36-,37-,38-,41-,42+,44-,45-/m0/s1. The number of rotatable bonds is 15. The Morgan fingerprint density at radius 3 is 2.51 bits per heavy atom. The molecule has 10 atom stereocenters. The minimum atomic E-state index is -1.58. The zero-order valence-corrected chi connectivity index (χ0v) is 32.0. The van der Waals surface area contributed by atoms with Crippen molar-refractivity contribution >= 4 is 17.5 Å². The predicted molar refractivity (Wildman–Crippen MR) is 207 cm³/mol. The molecule has 4 rings (SSSR count). The topological polar surface area (TPSA) is 104 Å². The van der Waals surface area contributed by atoms with Gasteiger partial charge in [-0.15, -0.1) is 0 Å². The second-order valence-electron chi connectivity index (χ2n) is 16.4. The minimum absolute atomic E-state index is 0.0195. The minimum Gasteiger partial charge on any atom is -0.389 e. The van der Waals surface area contributed by atoms with Crippen LogP contribution in [0, 0.1) is 40.9 Å². The molecule has 0 radical (unpaired) electrons. The third kappa shape index (κ3) is 9.67. The van der Waals surface area contributed by atoms with E-state index in [9.17, 15) is 19.8 Å². The molecule has 6 nitrogen and oxygen atoms in total. The summed E-state index contributed by atoms with van der Waals surface area (Å²) < 4.78 is 0. The Labute approximate surface area is 308 Å². The molecule has 1 aliphatic heterocycles. The highest BCUT2D eigenvalue weighted by Gasteiger charge is 2.68. The number of hydrogen-bond donors (Lipinski definition) is 3. The number of unbranched alkanes of at least 4 members (excludes halogenated alkanes) is 5. The molecule has 3 N–H and O–H groups in total. The second kappa shape index (κ2) is 18.6. The number of carbonyl (C=O) groups excluding carboxylic acids is 3. The summed E-state index contributed by atoms with van der Waals surface area (Å²) in [5, 5.41) is 26.9. The van der Waals surface area contributed by atoms with Gasteiger partial charge < -0.3 is 15.5 Å². The molecular formula is C45H65NO5. The van der Waals surface area contributed by atoms with E-state index in [1.807, 2.05) is 56.3 Å². The molecule has 0 aromatic heterocycles. The van der Waals surface area contributed by atoms with E-state index in [1.165, 1.54) is 32.1 Å². The van der Waals surface area contributed by atoms with Crippen molar-refractivity contribution in [1.29, 1.82) is 0 Å². The van der Waals surface area contributed by atoms with E-state index in [4.69, 9.17) is 0 Å². The van der Waals surface area contributed by atoms with Crippen molar-refractivity contribution in [3.63, 3.8) is 0 Å². The lowest BCUT2D eigenvalue weighted by molar-refractivity contribution is -0.156. The Morgan fingerprint density at radius 2 is 1.78 bits per heavy atom. The number of amides is 1. The highest BCUT2D eigenvalue weighted by atomic mass is 16.3. The predicted octanol–water partition coefficient (Wildman–Crippen LogP) is 8.67. The van der Waals surface area contributed by atoms with Crippen LogP contribution in [-0.4, -0.2) is 45.4 Å². The third-order valence-electron chi connectivity index (χ3n) is 12.2. The third-order valence-corrected chi connectivity index (χ3v) is 12.2. The Morgan fingerprint density at radius 1 is 1.08 bits per heavy atom. The fraction of sp³-hybridized carbons (Fsp3) is 0.622. The van der Waals surface area contributed by atoms with E-state index >= 15 is 4.79 Å². The first-order valence-electron chi connectivity index (χ1n) is 19.8. The van der Waals surface area contributed by atoms with Crippen molar-refractivity contribution in [1.82, 2.24) is 5.32 Å². The van der Waals surface area contributed by atoms with Crippen LogP contribution < -0.4 is 5.32 Å². The van der Waals surface area contributed by atoms with E-state index in [2.05, 4.69) is 50.0 Å². The number of nitrogens with one attached hydrogen (secondary N) is 1. The SMILES string of the molecule is C=C1[C@@H](C)[C@H]2[C@H](Cc3ccccc3)NC(=O)[C@@]23C(=O)C[C@@H](C(=O)CCC(C)C/C=C/C=C/CCCCCCC)[C@@](C)(O)C[C@@H](C)C/C=C/[C@H]3[C@@H]1O. The molecule has 3 aliphatic rings. The number of hydrogen-bond acceptors (Lipinski definition) is 5. The lowest BCUT2D eigenvalue weighted by Crippen LogP contribution is -2.59. The van der Waals surface area contributed by atoms with E-state index in [1.54, 1.807) is 6.92 Å². The van der Waals surface area contributed by atoms with Gasteiger partial charge in [0.2, 0.25) is 5.91 Å². The van der Waals surface area contributed by atoms with Gasteiger partial charge in [0.15, 0.2) is 0 Å². The van der Waals surface area contributed by atoms with E-state index in [-0.39, 0.29) is 48.2 Å². The molecule has 1 amide bonds. The first-order valence-corrected chi connectivity index (χ1v) is 19.8. The van der Waals surface area contributed by atoms with Crippen molar-refractivity contribution in [3.05, 3.63) is 84.5 Å². The average Bonchev–Trinajstić information content (AvgIpc) is 3.38. The lowest BCUT2D eigenvalue weighted by atomic mass is 9.51. The number of ketones is 2. The molecule has 1 aromatic carbocycles. The molecule has 1 heterocycles. The monoisotopic (exact) mass is 699 g/mol. The number of benzene rings is 1. The summed E-state index contributed by atoms with van der Waals surface area (Å²) in [5.41, 5.74) is -1.35. The lowest BCUT2D eigenvalue weighted by Gasteiger charge is -2.49. The van der Waals surface area contributed by atoms with Gasteiger partial charge in [0, 0.05) is 30.7 Å². The van der Waals surface area contributed by atoms with Gasteiger partial charge >= 0.3 is 0 Å². The molecule has 1 spiro atoms. The Balaban J connectivity index is 1.55. The van der Waals surface area contributed by atoms with Crippen LogP contribution in [0.2, 0.25) is 0 Å². The molecule has 1 unspecified atom stereocenters. The summed E-state index contributed by atoms with van der Waals surface area (Å²) in [6.45, 7) is 14.3. The van der Waals surface area contributed by atoms with Gasteiger partial charge in [0.25, 0.3) is 0 Å². The highest BCUT2D eigenvalue weighted by Crippen LogP contribution is 2.57. The van der Waals surface area contributed by atoms with Crippen LogP contribution in [-0.2, 0) is 20.8 Å². The second-order valence-corrected chi connectivity index (χ2v) is 16.4. The van der Waals surface area contributed by atoms with Crippen molar-refractivity contribution in [2.24, 2.45) is 40.9 Å². The van der Waals surface area contributed by atoms with E-state index in [0.717, 1.165) is 18.4 Å². The smallest absolute Gasteiger partial charge is 0.235 e. The molecule has 1 aromatic rings. The van der Waals surface area contributed by atoms with Crippen LogP contribution >= 0.6 is 0 Å². The molecule has 51 heavy (non-hydrogen) atoms. The molecule has 280 valence electrons. The maximum Gasteiger partial charge on any atom is 0.235 e. The first-order chi connectivity index (χ1) is 24.3. The number of aliphatic hydroxyl groups is 2. The van der Waals surface area contributed by atoms with Gasteiger partial charge in [-0.25, -0.2) is 0 Å². The Kier molecular flexibility index (Phi) is 14.8. The average molecular weight is 700 g/mol. The van der Waals surface area contributed by atoms with Crippen LogP contribution in [0.4, 0.5) is 0 Å².